The van der Waals surface area contributed by atoms with Gasteiger partial charge >= 0.3 is 5.69 Å². The largest absolute Gasteiger partial charge is 0.385 e. The third-order valence-corrected chi connectivity index (χ3v) is 2.78. The first kappa shape index (κ1) is 13.2. The van der Waals surface area contributed by atoms with Crippen LogP contribution in [0.2, 0.25) is 0 Å². The van der Waals surface area contributed by atoms with Crippen LogP contribution in [0.1, 0.15) is 6.42 Å². The zero-order valence-electron chi connectivity index (χ0n) is 10.6. The van der Waals surface area contributed by atoms with Gasteiger partial charge in [-0.15, -0.1) is 0 Å². The van der Waals surface area contributed by atoms with Gasteiger partial charge < -0.3 is 10.1 Å². The maximum Gasteiger partial charge on any atom is 0.301 e. The lowest BCUT2D eigenvalue weighted by Gasteiger charge is -2.08. The average molecular weight is 261 g/mol. The van der Waals surface area contributed by atoms with Gasteiger partial charge in [-0.1, -0.05) is 0 Å². The van der Waals surface area contributed by atoms with Crippen LogP contribution in [0, 0.1) is 10.1 Å². The first-order chi connectivity index (χ1) is 9.24. The second-order valence-electron chi connectivity index (χ2n) is 4.06. The Kier molecular flexibility index (Phi) is 4.25. The number of methoxy groups -OCH3 is 1. The van der Waals surface area contributed by atoms with E-state index in [4.69, 9.17) is 4.74 Å². The molecule has 19 heavy (non-hydrogen) atoms. The average Bonchev–Trinajstić information content (AvgIpc) is 2.42. The Morgan fingerprint density at radius 2 is 2.26 bits per heavy atom. The van der Waals surface area contributed by atoms with E-state index in [1.165, 1.54) is 0 Å². The minimum Gasteiger partial charge on any atom is -0.385 e. The Hall–Kier alpha value is -2.21. The standard InChI is InChI=1S/C13H15N3O3/c1-19-9-3-8-15-12-6-5-11-10(4-2-7-14-11)13(12)16(17)18/h2,4-7,15H,3,8-9H2,1H3. The van der Waals surface area contributed by atoms with Crippen LogP contribution in [0.25, 0.3) is 10.9 Å². The SMILES string of the molecule is COCCCNc1ccc2ncccc2c1[N+](=O)[O-]. The smallest absolute Gasteiger partial charge is 0.301 e. The molecule has 2 aromatic rings. The van der Waals surface area contributed by atoms with Gasteiger partial charge in [-0.3, -0.25) is 15.1 Å². The van der Waals surface area contributed by atoms with Gasteiger partial charge in [-0.25, -0.2) is 0 Å². The highest BCUT2D eigenvalue weighted by atomic mass is 16.6. The summed E-state index contributed by atoms with van der Waals surface area (Å²) in [6, 6.07) is 6.88. The van der Waals surface area contributed by atoms with Crippen LogP contribution in [0.5, 0.6) is 0 Å². The molecule has 1 aromatic carbocycles. The predicted octanol–water partition coefficient (Wildman–Crippen LogP) is 2.59. The van der Waals surface area contributed by atoms with Crippen molar-refractivity contribution in [2.75, 3.05) is 25.6 Å². The van der Waals surface area contributed by atoms with Crippen molar-refractivity contribution < 1.29 is 9.66 Å². The number of fused-ring (bicyclic) bond motifs is 1. The zero-order chi connectivity index (χ0) is 13.7. The number of hydrogen-bond acceptors (Lipinski definition) is 5. The van der Waals surface area contributed by atoms with Crippen LogP contribution in [-0.4, -0.2) is 30.2 Å². The lowest BCUT2D eigenvalue weighted by atomic mass is 10.1. The first-order valence-corrected chi connectivity index (χ1v) is 5.99. The second-order valence-corrected chi connectivity index (χ2v) is 4.06. The molecule has 2 rings (SSSR count). The van der Waals surface area contributed by atoms with Gasteiger partial charge in [0, 0.05) is 26.5 Å². The quantitative estimate of drug-likeness (QED) is 0.491. The van der Waals surface area contributed by atoms with E-state index in [0.29, 0.717) is 29.7 Å². The molecule has 100 valence electrons. The van der Waals surface area contributed by atoms with Crippen molar-refractivity contribution >= 4 is 22.3 Å². The summed E-state index contributed by atoms with van der Waals surface area (Å²) in [6.45, 7) is 1.25. The number of nitro benzene ring substituents is 1. The Labute approximate surface area is 110 Å². The molecular weight excluding hydrogens is 246 g/mol. The first-order valence-electron chi connectivity index (χ1n) is 5.99. The monoisotopic (exact) mass is 261 g/mol. The summed E-state index contributed by atoms with van der Waals surface area (Å²) in [5, 5.41) is 14.9. The number of hydrogen-bond donors (Lipinski definition) is 1. The minimum atomic E-state index is -0.372. The van der Waals surface area contributed by atoms with Gasteiger partial charge in [-0.2, -0.15) is 0 Å². The molecule has 0 aliphatic carbocycles. The second kappa shape index (κ2) is 6.10. The highest BCUT2D eigenvalue weighted by molar-refractivity contribution is 5.94. The van der Waals surface area contributed by atoms with Crippen LogP contribution in [0.3, 0.4) is 0 Å². The van der Waals surface area contributed by atoms with Crippen molar-refractivity contribution in [1.82, 2.24) is 4.98 Å². The summed E-state index contributed by atoms with van der Waals surface area (Å²) in [7, 11) is 1.63. The van der Waals surface area contributed by atoms with Crippen molar-refractivity contribution in [1.29, 1.82) is 0 Å². The molecular formula is C13H15N3O3. The molecule has 1 aromatic heterocycles. The summed E-state index contributed by atoms with van der Waals surface area (Å²) < 4.78 is 4.94. The maximum atomic E-state index is 11.2. The predicted molar refractivity (Wildman–Crippen MR) is 73.4 cm³/mol. The highest BCUT2D eigenvalue weighted by Crippen LogP contribution is 2.32. The van der Waals surface area contributed by atoms with E-state index in [9.17, 15) is 10.1 Å². The summed E-state index contributed by atoms with van der Waals surface area (Å²) in [5.74, 6) is 0. The highest BCUT2D eigenvalue weighted by Gasteiger charge is 2.18. The Bertz CT molecular complexity index is 586. The van der Waals surface area contributed by atoms with E-state index in [-0.39, 0.29) is 10.6 Å². The fourth-order valence-electron chi connectivity index (χ4n) is 1.92. The molecule has 1 heterocycles. The van der Waals surface area contributed by atoms with Crippen LogP contribution in [0.15, 0.2) is 30.5 Å². The molecule has 0 radical (unpaired) electrons. The van der Waals surface area contributed by atoms with Crippen LogP contribution >= 0.6 is 0 Å². The summed E-state index contributed by atoms with van der Waals surface area (Å²) in [6.07, 6.45) is 2.41. The third-order valence-electron chi connectivity index (χ3n) is 2.78. The van der Waals surface area contributed by atoms with Gasteiger partial charge in [0.2, 0.25) is 0 Å². The van der Waals surface area contributed by atoms with Crippen LogP contribution in [0.4, 0.5) is 11.4 Å². The van der Waals surface area contributed by atoms with Gasteiger partial charge in [0.25, 0.3) is 0 Å². The molecule has 0 unspecified atom stereocenters. The fourth-order valence-corrected chi connectivity index (χ4v) is 1.92. The molecule has 1 N–H and O–H groups in total. The number of nitrogens with zero attached hydrogens (tertiary/aromatic N) is 2. The zero-order valence-corrected chi connectivity index (χ0v) is 10.6. The Balaban J connectivity index is 2.32. The number of aromatic nitrogens is 1. The number of benzene rings is 1. The third kappa shape index (κ3) is 2.97. The molecule has 0 fully saturated rings. The molecule has 0 saturated heterocycles. The van der Waals surface area contributed by atoms with Crippen molar-refractivity contribution in [2.45, 2.75) is 6.42 Å². The summed E-state index contributed by atoms with van der Waals surface area (Å²) in [4.78, 5) is 15.0. The molecule has 0 atom stereocenters. The van der Waals surface area contributed by atoms with Gasteiger partial charge in [-0.05, 0) is 30.7 Å². The maximum absolute atomic E-state index is 11.2. The molecule has 0 aliphatic rings. The molecule has 0 aliphatic heterocycles. The fraction of sp³-hybridized carbons (Fsp3) is 0.308. The number of anilines is 1. The van der Waals surface area contributed by atoms with Crippen molar-refractivity contribution in [3.05, 3.63) is 40.6 Å². The molecule has 6 nitrogen and oxygen atoms in total. The number of pyridine rings is 1. The van der Waals surface area contributed by atoms with Crippen LogP contribution < -0.4 is 5.32 Å². The summed E-state index contributed by atoms with van der Waals surface area (Å²) >= 11 is 0. The molecule has 0 bridgehead atoms. The van der Waals surface area contributed by atoms with Gasteiger partial charge in [0.05, 0.1) is 15.8 Å². The number of ether oxygens (including phenoxy) is 1. The molecule has 0 amide bonds. The van der Waals surface area contributed by atoms with Gasteiger partial charge in [0.15, 0.2) is 0 Å². The topological polar surface area (TPSA) is 77.3 Å². The summed E-state index contributed by atoms with van der Waals surface area (Å²) in [5.41, 5.74) is 1.21. The number of nitrogens with one attached hydrogen (secondary N) is 1. The van der Waals surface area contributed by atoms with E-state index < -0.39 is 0 Å². The van der Waals surface area contributed by atoms with Crippen molar-refractivity contribution in [3.63, 3.8) is 0 Å². The van der Waals surface area contributed by atoms with E-state index in [0.717, 1.165) is 6.42 Å². The number of nitro groups is 1. The van der Waals surface area contributed by atoms with Crippen molar-refractivity contribution in [2.24, 2.45) is 0 Å². The van der Waals surface area contributed by atoms with Gasteiger partial charge in [0.1, 0.15) is 5.69 Å². The number of rotatable bonds is 6. The lowest BCUT2D eigenvalue weighted by molar-refractivity contribution is -0.382. The Morgan fingerprint density at radius 3 is 3.00 bits per heavy atom. The lowest BCUT2D eigenvalue weighted by Crippen LogP contribution is -2.07. The van der Waals surface area contributed by atoms with E-state index >= 15 is 0 Å². The van der Waals surface area contributed by atoms with E-state index in [2.05, 4.69) is 10.3 Å². The molecule has 0 spiro atoms. The van der Waals surface area contributed by atoms with Crippen molar-refractivity contribution in [3.8, 4) is 0 Å². The molecule has 6 heteroatoms. The minimum absolute atomic E-state index is 0.0722. The van der Waals surface area contributed by atoms with Crippen LogP contribution in [-0.2, 0) is 4.74 Å². The van der Waals surface area contributed by atoms with E-state index in [1.54, 1.807) is 37.6 Å². The molecule has 0 saturated carbocycles. The van der Waals surface area contributed by atoms with E-state index in [1.807, 2.05) is 0 Å². The normalized spacial score (nSPS) is 10.6. The Morgan fingerprint density at radius 1 is 1.42 bits per heavy atom.